The number of H-pyrrole nitrogens is 1. The van der Waals surface area contributed by atoms with Crippen molar-refractivity contribution < 1.29 is 9.90 Å². The van der Waals surface area contributed by atoms with E-state index in [1.54, 1.807) is 12.4 Å². The predicted octanol–water partition coefficient (Wildman–Crippen LogP) is 0.296. The molecule has 11 heavy (non-hydrogen) atoms. The van der Waals surface area contributed by atoms with Gasteiger partial charge in [0, 0.05) is 18.9 Å². The SMILES string of the molecule is O=C(O)CCNc1ncc[nH]1. The van der Waals surface area contributed by atoms with Gasteiger partial charge in [0.15, 0.2) is 5.95 Å². The molecule has 1 aromatic rings. The van der Waals surface area contributed by atoms with Crippen molar-refractivity contribution in [2.45, 2.75) is 6.42 Å². The predicted molar refractivity (Wildman–Crippen MR) is 39.3 cm³/mol. The molecule has 1 aromatic heterocycles. The molecule has 0 saturated heterocycles. The number of aliphatic carboxylic acids is 1. The molecule has 0 unspecified atom stereocenters. The van der Waals surface area contributed by atoms with Crippen molar-refractivity contribution in [3.05, 3.63) is 12.4 Å². The van der Waals surface area contributed by atoms with E-state index in [9.17, 15) is 4.79 Å². The van der Waals surface area contributed by atoms with Crippen LogP contribution in [0.25, 0.3) is 0 Å². The third-order valence-corrected chi connectivity index (χ3v) is 1.13. The van der Waals surface area contributed by atoms with Crippen LogP contribution in [0.5, 0.6) is 0 Å². The third kappa shape index (κ3) is 2.70. The van der Waals surface area contributed by atoms with E-state index in [0.29, 0.717) is 12.5 Å². The Labute approximate surface area is 63.5 Å². The Morgan fingerprint density at radius 3 is 3.18 bits per heavy atom. The molecule has 5 nitrogen and oxygen atoms in total. The molecule has 0 spiro atoms. The summed E-state index contributed by atoms with van der Waals surface area (Å²) < 4.78 is 0. The fourth-order valence-electron chi connectivity index (χ4n) is 0.650. The maximum absolute atomic E-state index is 10.1. The minimum atomic E-state index is -0.816. The second kappa shape index (κ2) is 3.60. The van der Waals surface area contributed by atoms with Crippen LogP contribution in [0.4, 0.5) is 5.95 Å². The number of carboxylic acid groups (broad SMARTS) is 1. The Morgan fingerprint density at radius 2 is 2.64 bits per heavy atom. The Hall–Kier alpha value is -1.52. The van der Waals surface area contributed by atoms with E-state index in [-0.39, 0.29) is 6.42 Å². The molecule has 5 heteroatoms. The van der Waals surface area contributed by atoms with E-state index >= 15 is 0 Å². The zero-order chi connectivity index (χ0) is 8.10. The lowest BCUT2D eigenvalue weighted by atomic mass is 10.4. The maximum Gasteiger partial charge on any atom is 0.305 e. The van der Waals surface area contributed by atoms with Crippen molar-refractivity contribution in [3.8, 4) is 0 Å². The highest BCUT2D eigenvalue weighted by Crippen LogP contribution is 1.93. The number of hydrogen-bond acceptors (Lipinski definition) is 3. The van der Waals surface area contributed by atoms with Gasteiger partial charge in [0.05, 0.1) is 6.42 Å². The second-order valence-electron chi connectivity index (χ2n) is 2.01. The molecule has 0 atom stereocenters. The number of hydrogen-bond donors (Lipinski definition) is 3. The molecular weight excluding hydrogens is 146 g/mol. The van der Waals surface area contributed by atoms with E-state index in [4.69, 9.17) is 5.11 Å². The highest BCUT2D eigenvalue weighted by Gasteiger charge is 1.96. The van der Waals surface area contributed by atoms with Crippen molar-refractivity contribution in [3.63, 3.8) is 0 Å². The molecule has 0 aliphatic carbocycles. The van der Waals surface area contributed by atoms with Gasteiger partial charge in [0.25, 0.3) is 0 Å². The molecule has 0 saturated carbocycles. The number of nitrogens with zero attached hydrogens (tertiary/aromatic N) is 1. The summed E-state index contributed by atoms with van der Waals surface area (Å²) in [6.07, 6.45) is 3.37. The smallest absolute Gasteiger partial charge is 0.305 e. The molecule has 1 heterocycles. The number of aromatic nitrogens is 2. The average Bonchev–Trinajstić information content (AvgIpc) is 2.39. The largest absolute Gasteiger partial charge is 0.481 e. The van der Waals surface area contributed by atoms with Crippen molar-refractivity contribution in [1.82, 2.24) is 9.97 Å². The standard InChI is InChI=1S/C6H9N3O2/c10-5(11)1-2-7-6-8-3-4-9-6/h3-4H,1-2H2,(H,10,11)(H2,7,8,9). The molecule has 0 aliphatic heterocycles. The first-order valence-electron chi connectivity index (χ1n) is 3.24. The molecule has 1 rings (SSSR count). The van der Waals surface area contributed by atoms with Gasteiger partial charge in [-0.15, -0.1) is 0 Å². The van der Waals surface area contributed by atoms with E-state index in [0.717, 1.165) is 0 Å². The number of carbonyl (C=O) groups is 1. The third-order valence-electron chi connectivity index (χ3n) is 1.13. The minimum absolute atomic E-state index is 0.0979. The van der Waals surface area contributed by atoms with Crippen molar-refractivity contribution in [2.24, 2.45) is 0 Å². The lowest BCUT2D eigenvalue weighted by Gasteiger charge is -1.97. The topological polar surface area (TPSA) is 78.0 Å². The van der Waals surface area contributed by atoms with Crippen LogP contribution in [0.15, 0.2) is 12.4 Å². The van der Waals surface area contributed by atoms with Crippen molar-refractivity contribution >= 4 is 11.9 Å². The summed E-state index contributed by atoms with van der Waals surface area (Å²) in [6, 6.07) is 0. The molecule has 0 aromatic carbocycles. The van der Waals surface area contributed by atoms with E-state index < -0.39 is 5.97 Å². The summed E-state index contributed by atoms with van der Waals surface area (Å²) in [5.74, 6) is -0.213. The molecule has 0 amide bonds. The van der Waals surface area contributed by atoms with Crippen LogP contribution in [-0.4, -0.2) is 27.6 Å². The van der Waals surface area contributed by atoms with Gasteiger partial charge in [-0.05, 0) is 0 Å². The lowest BCUT2D eigenvalue weighted by Crippen LogP contribution is -2.08. The first-order chi connectivity index (χ1) is 5.29. The van der Waals surface area contributed by atoms with Gasteiger partial charge in [-0.2, -0.15) is 0 Å². The summed E-state index contributed by atoms with van der Waals surface area (Å²) in [6.45, 7) is 0.392. The zero-order valence-electron chi connectivity index (χ0n) is 5.87. The van der Waals surface area contributed by atoms with Crippen molar-refractivity contribution in [1.29, 1.82) is 0 Å². The monoisotopic (exact) mass is 155 g/mol. The van der Waals surface area contributed by atoms with E-state index in [2.05, 4.69) is 15.3 Å². The Bertz CT molecular complexity index is 220. The van der Waals surface area contributed by atoms with Crippen LogP contribution in [0.1, 0.15) is 6.42 Å². The Kier molecular flexibility index (Phi) is 2.48. The van der Waals surface area contributed by atoms with Gasteiger partial charge in [-0.3, -0.25) is 4.79 Å². The van der Waals surface area contributed by atoms with Crippen LogP contribution in [-0.2, 0) is 4.79 Å². The fourth-order valence-corrected chi connectivity index (χ4v) is 0.650. The second-order valence-corrected chi connectivity index (χ2v) is 2.01. The quantitative estimate of drug-likeness (QED) is 0.584. The normalized spacial score (nSPS) is 9.45. The van der Waals surface area contributed by atoms with Crippen molar-refractivity contribution in [2.75, 3.05) is 11.9 Å². The summed E-state index contributed by atoms with van der Waals surface area (Å²) >= 11 is 0. The molecule has 3 N–H and O–H groups in total. The van der Waals surface area contributed by atoms with Gasteiger partial charge in [-0.25, -0.2) is 4.98 Å². The minimum Gasteiger partial charge on any atom is -0.481 e. The van der Waals surface area contributed by atoms with E-state index in [1.807, 2.05) is 0 Å². The molecule has 0 fully saturated rings. The number of anilines is 1. The summed E-state index contributed by atoms with van der Waals surface area (Å²) in [7, 11) is 0. The van der Waals surface area contributed by atoms with Gasteiger partial charge in [0.1, 0.15) is 0 Å². The number of nitrogens with one attached hydrogen (secondary N) is 2. The van der Waals surface area contributed by atoms with Crippen LogP contribution in [0.3, 0.4) is 0 Å². The molecule has 60 valence electrons. The molecular formula is C6H9N3O2. The first kappa shape index (κ1) is 7.59. The van der Waals surface area contributed by atoms with Crippen LogP contribution in [0, 0.1) is 0 Å². The summed E-state index contributed by atoms with van der Waals surface area (Å²) in [5, 5.41) is 11.1. The van der Waals surface area contributed by atoms with Gasteiger partial charge < -0.3 is 15.4 Å². The first-order valence-corrected chi connectivity index (χ1v) is 3.24. The van der Waals surface area contributed by atoms with Gasteiger partial charge >= 0.3 is 5.97 Å². The average molecular weight is 155 g/mol. The lowest BCUT2D eigenvalue weighted by molar-refractivity contribution is -0.136. The zero-order valence-corrected chi connectivity index (χ0v) is 5.87. The molecule has 0 aliphatic rings. The number of imidazole rings is 1. The number of carboxylic acids is 1. The molecule has 0 bridgehead atoms. The van der Waals surface area contributed by atoms with Crippen LogP contribution in [0.2, 0.25) is 0 Å². The van der Waals surface area contributed by atoms with Crippen LogP contribution >= 0.6 is 0 Å². The van der Waals surface area contributed by atoms with Crippen LogP contribution < -0.4 is 5.32 Å². The van der Waals surface area contributed by atoms with Gasteiger partial charge in [0.2, 0.25) is 0 Å². The number of rotatable bonds is 4. The highest BCUT2D eigenvalue weighted by molar-refractivity contribution is 5.67. The summed E-state index contributed by atoms with van der Waals surface area (Å²) in [5.41, 5.74) is 0. The maximum atomic E-state index is 10.1. The molecule has 0 radical (unpaired) electrons. The number of aromatic amines is 1. The Morgan fingerprint density at radius 1 is 1.82 bits per heavy atom. The fraction of sp³-hybridized carbons (Fsp3) is 0.333. The summed E-state index contributed by atoms with van der Waals surface area (Å²) in [4.78, 5) is 16.7. The van der Waals surface area contributed by atoms with Gasteiger partial charge in [-0.1, -0.05) is 0 Å². The van der Waals surface area contributed by atoms with E-state index in [1.165, 1.54) is 0 Å². The Balaban J connectivity index is 2.19. The highest BCUT2D eigenvalue weighted by atomic mass is 16.4.